The van der Waals surface area contributed by atoms with Crippen molar-refractivity contribution >= 4 is 23.2 Å². The quantitative estimate of drug-likeness (QED) is 0.724. The molecule has 2 aromatic rings. The van der Waals surface area contributed by atoms with Gasteiger partial charge in [0.15, 0.2) is 11.6 Å². The molecule has 0 bridgehead atoms. The molecular weight excluding hydrogens is 412 g/mol. The second-order valence-corrected chi connectivity index (χ2v) is 8.61. The third-order valence-corrected chi connectivity index (χ3v) is 6.40. The maximum atomic E-state index is 14.5. The molecule has 0 saturated carbocycles. The van der Waals surface area contributed by atoms with Gasteiger partial charge in [0.25, 0.3) is 0 Å². The Hall–Kier alpha value is -2.96. The van der Waals surface area contributed by atoms with Crippen molar-refractivity contribution in [3.8, 4) is 0 Å². The number of hydrogen-bond acceptors (Lipinski definition) is 3. The molecule has 2 aliphatic heterocycles. The molecule has 2 saturated heterocycles. The Morgan fingerprint density at radius 2 is 1.56 bits per heavy atom. The zero-order valence-electron chi connectivity index (χ0n) is 18.2. The first-order valence-electron chi connectivity index (χ1n) is 11.4. The number of aryl methyl sites for hydroxylation is 1. The monoisotopic (exact) mass is 441 g/mol. The molecule has 0 unspecified atom stereocenters. The number of carbonyl (C=O) groups is 2. The summed E-state index contributed by atoms with van der Waals surface area (Å²) in [5.74, 6) is -1.75. The van der Waals surface area contributed by atoms with Crippen molar-refractivity contribution in [3.05, 3.63) is 59.7 Å². The summed E-state index contributed by atoms with van der Waals surface area (Å²) in [7, 11) is 0. The fourth-order valence-corrected chi connectivity index (χ4v) is 4.57. The third-order valence-electron chi connectivity index (χ3n) is 6.40. The van der Waals surface area contributed by atoms with Gasteiger partial charge in [0, 0.05) is 44.2 Å². The summed E-state index contributed by atoms with van der Waals surface area (Å²) in [6.45, 7) is 2.31. The van der Waals surface area contributed by atoms with Crippen LogP contribution < -0.4 is 10.2 Å². The van der Waals surface area contributed by atoms with Crippen molar-refractivity contribution in [1.29, 1.82) is 0 Å². The molecule has 0 atom stereocenters. The van der Waals surface area contributed by atoms with Crippen LogP contribution in [0, 0.1) is 17.6 Å². The summed E-state index contributed by atoms with van der Waals surface area (Å²) in [6, 6.07) is 12.3. The average molecular weight is 442 g/mol. The zero-order valence-corrected chi connectivity index (χ0v) is 18.2. The van der Waals surface area contributed by atoms with Crippen LogP contribution in [0.4, 0.5) is 20.2 Å². The van der Waals surface area contributed by atoms with E-state index < -0.39 is 11.6 Å². The van der Waals surface area contributed by atoms with Crippen molar-refractivity contribution in [2.45, 2.75) is 38.5 Å². The number of carbonyl (C=O) groups excluding carboxylic acids is 2. The Labute approximate surface area is 187 Å². The molecule has 0 aliphatic carbocycles. The largest absolute Gasteiger partial charge is 0.367 e. The van der Waals surface area contributed by atoms with Gasteiger partial charge in [-0.15, -0.1) is 0 Å². The van der Waals surface area contributed by atoms with E-state index >= 15 is 0 Å². The van der Waals surface area contributed by atoms with Crippen LogP contribution in [0.3, 0.4) is 0 Å². The number of likely N-dealkylation sites (tertiary alicyclic amines) is 1. The van der Waals surface area contributed by atoms with Crippen LogP contribution in [0.25, 0.3) is 0 Å². The fraction of sp³-hybridized carbons (Fsp3) is 0.440. The van der Waals surface area contributed by atoms with Gasteiger partial charge in [-0.1, -0.05) is 30.3 Å². The maximum Gasteiger partial charge on any atom is 0.227 e. The molecule has 4 rings (SSSR count). The number of anilines is 2. The van der Waals surface area contributed by atoms with Gasteiger partial charge in [0.1, 0.15) is 5.69 Å². The van der Waals surface area contributed by atoms with E-state index in [4.69, 9.17) is 0 Å². The Morgan fingerprint density at radius 3 is 2.19 bits per heavy atom. The van der Waals surface area contributed by atoms with Gasteiger partial charge in [0.05, 0.1) is 0 Å². The molecule has 0 radical (unpaired) electrons. The number of nitrogens with one attached hydrogen (secondary N) is 1. The highest BCUT2D eigenvalue weighted by molar-refractivity contribution is 5.93. The molecule has 7 heteroatoms. The minimum absolute atomic E-state index is 0.0113. The first kappa shape index (κ1) is 22.2. The molecule has 32 heavy (non-hydrogen) atoms. The van der Waals surface area contributed by atoms with Crippen molar-refractivity contribution in [2.75, 3.05) is 36.4 Å². The summed E-state index contributed by atoms with van der Waals surface area (Å²) in [5.41, 5.74) is 1.25. The van der Waals surface area contributed by atoms with E-state index in [0.717, 1.165) is 18.4 Å². The standard InChI is InChI=1S/C25H29F2N3O2/c26-21-16-20(17-22(27)24(21)30-12-4-5-13-30)28-25(32)19-10-14-29(15-11-19)23(31)9-8-18-6-2-1-3-7-18/h1-3,6-7,16-17,19H,4-5,8-15H2,(H,28,32). The van der Waals surface area contributed by atoms with Crippen molar-refractivity contribution in [1.82, 2.24) is 4.90 Å². The molecule has 1 N–H and O–H groups in total. The summed E-state index contributed by atoms with van der Waals surface area (Å²) in [6.07, 6.45) is 4.07. The zero-order chi connectivity index (χ0) is 22.5. The summed E-state index contributed by atoms with van der Waals surface area (Å²) >= 11 is 0. The average Bonchev–Trinajstić information content (AvgIpc) is 3.32. The van der Waals surface area contributed by atoms with Crippen LogP contribution in [0.1, 0.15) is 37.7 Å². The smallest absolute Gasteiger partial charge is 0.227 e. The Morgan fingerprint density at radius 1 is 0.938 bits per heavy atom. The molecule has 2 aromatic carbocycles. The number of amides is 2. The van der Waals surface area contributed by atoms with Crippen LogP contribution in [-0.2, 0) is 16.0 Å². The number of nitrogens with zero attached hydrogens (tertiary/aromatic N) is 2. The molecule has 2 amide bonds. The van der Waals surface area contributed by atoms with Gasteiger partial charge >= 0.3 is 0 Å². The van der Waals surface area contributed by atoms with E-state index in [1.54, 1.807) is 9.80 Å². The van der Waals surface area contributed by atoms with Crippen molar-refractivity contribution in [2.24, 2.45) is 5.92 Å². The van der Waals surface area contributed by atoms with E-state index in [9.17, 15) is 18.4 Å². The lowest BCUT2D eigenvalue weighted by Gasteiger charge is -2.31. The molecule has 0 aromatic heterocycles. The highest BCUT2D eigenvalue weighted by Crippen LogP contribution is 2.30. The van der Waals surface area contributed by atoms with Gasteiger partial charge in [-0.05, 0) is 49.8 Å². The second kappa shape index (κ2) is 10.1. The van der Waals surface area contributed by atoms with Gasteiger partial charge in [-0.25, -0.2) is 8.78 Å². The lowest BCUT2D eigenvalue weighted by Crippen LogP contribution is -2.41. The van der Waals surface area contributed by atoms with E-state index in [0.29, 0.717) is 51.9 Å². The molecule has 0 spiro atoms. The highest BCUT2D eigenvalue weighted by Gasteiger charge is 2.28. The van der Waals surface area contributed by atoms with Gasteiger partial charge < -0.3 is 15.1 Å². The first-order chi connectivity index (χ1) is 15.5. The van der Waals surface area contributed by atoms with Crippen LogP contribution in [0.5, 0.6) is 0 Å². The topological polar surface area (TPSA) is 52.7 Å². The number of hydrogen-bond donors (Lipinski definition) is 1. The molecule has 5 nitrogen and oxygen atoms in total. The van der Waals surface area contributed by atoms with Crippen LogP contribution in [0.15, 0.2) is 42.5 Å². The fourth-order valence-electron chi connectivity index (χ4n) is 4.57. The molecule has 2 fully saturated rings. The maximum absolute atomic E-state index is 14.5. The number of rotatable bonds is 6. The number of benzene rings is 2. The van der Waals surface area contributed by atoms with Crippen LogP contribution in [0.2, 0.25) is 0 Å². The Bertz CT molecular complexity index is 930. The predicted octanol–water partition coefficient (Wildman–Crippen LogP) is 4.37. The normalized spacial score (nSPS) is 16.9. The summed E-state index contributed by atoms with van der Waals surface area (Å²) in [5, 5.41) is 2.66. The molecule has 2 aliphatic rings. The SMILES string of the molecule is O=C(Nc1cc(F)c(N2CCCC2)c(F)c1)C1CCN(C(=O)CCc2ccccc2)CC1. The van der Waals surface area contributed by atoms with Crippen LogP contribution in [-0.4, -0.2) is 42.9 Å². The van der Waals surface area contributed by atoms with E-state index in [-0.39, 0.29) is 29.1 Å². The van der Waals surface area contributed by atoms with E-state index in [2.05, 4.69) is 5.32 Å². The minimum atomic E-state index is -0.652. The second-order valence-electron chi connectivity index (χ2n) is 8.61. The van der Waals surface area contributed by atoms with E-state index in [1.807, 2.05) is 30.3 Å². The number of halogens is 2. The molecule has 170 valence electrons. The number of piperidine rings is 1. The summed E-state index contributed by atoms with van der Waals surface area (Å²) < 4.78 is 29.0. The Balaban J connectivity index is 1.27. The minimum Gasteiger partial charge on any atom is -0.367 e. The van der Waals surface area contributed by atoms with Gasteiger partial charge in [0.2, 0.25) is 11.8 Å². The highest BCUT2D eigenvalue weighted by atomic mass is 19.1. The lowest BCUT2D eigenvalue weighted by atomic mass is 9.95. The first-order valence-corrected chi connectivity index (χ1v) is 11.4. The molecular formula is C25H29F2N3O2. The van der Waals surface area contributed by atoms with Gasteiger partial charge in [-0.2, -0.15) is 0 Å². The predicted molar refractivity (Wildman–Crippen MR) is 121 cm³/mol. The van der Waals surface area contributed by atoms with Gasteiger partial charge in [-0.3, -0.25) is 9.59 Å². The lowest BCUT2D eigenvalue weighted by molar-refractivity contribution is -0.134. The van der Waals surface area contributed by atoms with Crippen molar-refractivity contribution in [3.63, 3.8) is 0 Å². The third kappa shape index (κ3) is 5.26. The van der Waals surface area contributed by atoms with Crippen molar-refractivity contribution < 1.29 is 18.4 Å². The Kier molecular flexibility index (Phi) is 7.02. The van der Waals surface area contributed by atoms with E-state index in [1.165, 1.54) is 12.1 Å². The van der Waals surface area contributed by atoms with Crippen LogP contribution >= 0.6 is 0 Å². The summed E-state index contributed by atoms with van der Waals surface area (Å²) in [4.78, 5) is 28.7. The molecule has 2 heterocycles.